The number of amides is 1. The van der Waals surface area contributed by atoms with Crippen LogP contribution in [0.15, 0.2) is 72.3 Å². The van der Waals surface area contributed by atoms with Crippen molar-refractivity contribution in [3.05, 3.63) is 100 Å². The van der Waals surface area contributed by atoms with Crippen LogP contribution in [0.5, 0.6) is 5.75 Å². The second-order valence-corrected chi connectivity index (χ2v) is 7.23. The van der Waals surface area contributed by atoms with Crippen molar-refractivity contribution in [2.24, 2.45) is 0 Å². The zero-order valence-electron chi connectivity index (χ0n) is 17.8. The predicted octanol–water partition coefficient (Wildman–Crippen LogP) is 5.13. The van der Waals surface area contributed by atoms with Gasteiger partial charge in [-0.05, 0) is 72.5 Å². The normalized spacial score (nSPS) is 10.8. The highest BCUT2D eigenvalue weighted by atomic mass is 16.5. The lowest BCUT2D eigenvalue weighted by atomic mass is 10.1. The van der Waals surface area contributed by atoms with Crippen LogP contribution in [0.25, 0.3) is 6.08 Å². The van der Waals surface area contributed by atoms with Gasteiger partial charge in [0.15, 0.2) is 0 Å². The molecule has 0 aliphatic carbocycles. The lowest BCUT2D eigenvalue weighted by Crippen LogP contribution is -2.14. The summed E-state index contributed by atoms with van der Waals surface area (Å²) in [5.41, 5.74) is 4.29. The summed E-state index contributed by atoms with van der Waals surface area (Å²) < 4.78 is 5.71. The fourth-order valence-electron chi connectivity index (χ4n) is 3.01. The van der Waals surface area contributed by atoms with Crippen molar-refractivity contribution in [2.75, 3.05) is 5.32 Å². The number of nitrogens with zero attached hydrogens (tertiary/aromatic N) is 1. The summed E-state index contributed by atoms with van der Waals surface area (Å²) in [4.78, 5) is 23.6. The first-order valence-corrected chi connectivity index (χ1v) is 9.92. The van der Waals surface area contributed by atoms with Crippen LogP contribution < -0.4 is 10.1 Å². The van der Waals surface area contributed by atoms with Gasteiger partial charge >= 0.3 is 5.97 Å². The Morgan fingerprint density at radius 3 is 2.47 bits per heavy atom. The number of ether oxygens (including phenoxy) is 1. The average Bonchev–Trinajstić information content (AvgIpc) is 2.80. The van der Waals surface area contributed by atoms with E-state index in [0.717, 1.165) is 16.7 Å². The molecule has 0 fully saturated rings. The van der Waals surface area contributed by atoms with Gasteiger partial charge in [0, 0.05) is 5.69 Å². The monoisotopic (exact) mass is 426 g/mol. The van der Waals surface area contributed by atoms with E-state index in [1.807, 2.05) is 32.0 Å². The number of hydrogen-bond donors (Lipinski definition) is 2. The molecule has 0 aliphatic heterocycles. The van der Waals surface area contributed by atoms with Crippen molar-refractivity contribution in [3.63, 3.8) is 0 Å². The number of aryl methyl sites for hydroxylation is 1. The van der Waals surface area contributed by atoms with E-state index in [1.165, 1.54) is 12.1 Å². The summed E-state index contributed by atoms with van der Waals surface area (Å²) in [5, 5.41) is 21.3. The molecule has 0 radical (unpaired) electrons. The molecular weight excluding hydrogens is 404 g/mol. The summed E-state index contributed by atoms with van der Waals surface area (Å²) in [7, 11) is 0. The Morgan fingerprint density at radius 2 is 1.78 bits per heavy atom. The van der Waals surface area contributed by atoms with Crippen molar-refractivity contribution in [1.82, 2.24) is 0 Å². The van der Waals surface area contributed by atoms with Gasteiger partial charge in [-0.2, -0.15) is 5.26 Å². The van der Waals surface area contributed by atoms with Gasteiger partial charge in [0.2, 0.25) is 0 Å². The minimum atomic E-state index is -0.988. The number of carbonyl (C=O) groups excluding carboxylic acids is 1. The van der Waals surface area contributed by atoms with Crippen LogP contribution in [-0.4, -0.2) is 17.0 Å². The summed E-state index contributed by atoms with van der Waals surface area (Å²) in [6.45, 7) is 4.09. The third-order valence-electron chi connectivity index (χ3n) is 4.99. The summed E-state index contributed by atoms with van der Waals surface area (Å²) in [6.07, 6.45) is 1.51. The highest BCUT2D eigenvalue weighted by Gasteiger charge is 2.11. The Hall–Kier alpha value is -4.37. The van der Waals surface area contributed by atoms with Gasteiger partial charge in [0.25, 0.3) is 5.91 Å². The molecule has 0 bridgehead atoms. The second-order valence-electron chi connectivity index (χ2n) is 7.23. The number of carboxylic acids is 1. The molecule has 3 aromatic rings. The molecule has 6 heteroatoms. The van der Waals surface area contributed by atoms with E-state index in [-0.39, 0.29) is 17.7 Å². The molecule has 0 atom stereocenters. The van der Waals surface area contributed by atoms with E-state index in [9.17, 15) is 14.9 Å². The first kappa shape index (κ1) is 22.3. The molecule has 0 spiro atoms. The molecule has 0 aromatic heterocycles. The minimum Gasteiger partial charge on any atom is -0.489 e. The van der Waals surface area contributed by atoms with Crippen LogP contribution >= 0.6 is 0 Å². The summed E-state index contributed by atoms with van der Waals surface area (Å²) in [6, 6.07) is 21.0. The first-order valence-electron chi connectivity index (χ1n) is 9.92. The SMILES string of the molecule is Cc1cccc(NC(=O)/C(C#N)=C\c2ccc(OCc3cccc(C(=O)O)c3)cc2)c1C. The zero-order valence-corrected chi connectivity index (χ0v) is 17.8. The van der Waals surface area contributed by atoms with Crippen molar-refractivity contribution < 1.29 is 19.4 Å². The lowest BCUT2D eigenvalue weighted by molar-refractivity contribution is -0.112. The number of rotatable bonds is 7. The number of nitrogens with one attached hydrogen (secondary N) is 1. The van der Waals surface area contributed by atoms with E-state index >= 15 is 0 Å². The number of aromatic carboxylic acids is 1. The molecule has 0 heterocycles. The van der Waals surface area contributed by atoms with Crippen LogP contribution in [0.2, 0.25) is 0 Å². The number of benzene rings is 3. The largest absolute Gasteiger partial charge is 0.489 e. The highest BCUT2D eigenvalue weighted by molar-refractivity contribution is 6.10. The smallest absolute Gasteiger partial charge is 0.335 e. The Bertz CT molecular complexity index is 1220. The Morgan fingerprint density at radius 1 is 1.06 bits per heavy atom. The highest BCUT2D eigenvalue weighted by Crippen LogP contribution is 2.20. The van der Waals surface area contributed by atoms with Gasteiger partial charge in [-0.3, -0.25) is 4.79 Å². The standard InChI is InChI=1S/C26H22N2O4/c1-17-5-3-8-24(18(17)2)28-25(29)22(15-27)13-19-9-11-23(12-10-19)32-16-20-6-4-7-21(14-20)26(30)31/h3-14H,16H2,1-2H3,(H,28,29)(H,30,31)/b22-13-. The van der Waals surface area contributed by atoms with Gasteiger partial charge < -0.3 is 15.2 Å². The van der Waals surface area contributed by atoms with Gasteiger partial charge in [0.1, 0.15) is 24.0 Å². The first-order chi connectivity index (χ1) is 15.4. The van der Waals surface area contributed by atoms with E-state index in [2.05, 4.69) is 5.32 Å². The van der Waals surface area contributed by atoms with E-state index < -0.39 is 11.9 Å². The number of carbonyl (C=O) groups is 2. The average molecular weight is 426 g/mol. The van der Waals surface area contributed by atoms with Gasteiger partial charge in [-0.15, -0.1) is 0 Å². The van der Waals surface area contributed by atoms with Crippen LogP contribution in [0.3, 0.4) is 0 Å². The molecule has 160 valence electrons. The third-order valence-corrected chi connectivity index (χ3v) is 4.99. The fourth-order valence-corrected chi connectivity index (χ4v) is 3.01. The maximum absolute atomic E-state index is 12.5. The van der Waals surface area contributed by atoms with Crippen molar-refractivity contribution in [1.29, 1.82) is 5.26 Å². The Kier molecular flexibility index (Phi) is 7.04. The molecule has 0 aliphatic rings. The van der Waals surface area contributed by atoms with Crippen LogP contribution in [0.4, 0.5) is 5.69 Å². The van der Waals surface area contributed by atoms with Crippen molar-refractivity contribution in [3.8, 4) is 11.8 Å². The molecule has 3 aromatic carbocycles. The van der Waals surface area contributed by atoms with Crippen LogP contribution in [0.1, 0.15) is 32.6 Å². The molecule has 2 N–H and O–H groups in total. The molecular formula is C26H22N2O4. The predicted molar refractivity (Wildman–Crippen MR) is 122 cm³/mol. The lowest BCUT2D eigenvalue weighted by Gasteiger charge is -2.10. The van der Waals surface area contributed by atoms with Crippen molar-refractivity contribution in [2.45, 2.75) is 20.5 Å². The molecule has 0 saturated heterocycles. The number of anilines is 1. The van der Waals surface area contributed by atoms with Crippen LogP contribution in [0, 0.1) is 25.2 Å². The van der Waals surface area contributed by atoms with Gasteiger partial charge in [0.05, 0.1) is 5.56 Å². The topological polar surface area (TPSA) is 99.4 Å². The van der Waals surface area contributed by atoms with Gasteiger partial charge in [-0.25, -0.2) is 4.79 Å². The molecule has 1 amide bonds. The third kappa shape index (κ3) is 5.61. The molecule has 32 heavy (non-hydrogen) atoms. The van der Waals surface area contributed by atoms with E-state index in [4.69, 9.17) is 9.84 Å². The minimum absolute atomic E-state index is 0.00920. The molecule has 3 rings (SSSR count). The van der Waals surface area contributed by atoms with E-state index in [1.54, 1.807) is 48.5 Å². The Labute approximate surface area is 186 Å². The number of carboxylic acid groups (broad SMARTS) is 1. The van der Waals surface area contributed by atoms with Crippen LogP contribution in [-0.2, 0) is 11.4 Å². The van der Waals surface area contributed by atoms with Gasteiger partial charge in [-0.1, -0.05) is 36.4 Å². The zero-order chi connectivity index (χ0) is 23.1. The molecule has 6 nitrogen and oxygen atoms in total. The maximum Gasteiger partial charge on any atom is 0.335 e. The Balaban J connectivity index is 1.67. The molecule has 0 unspecified atom stereocenters. The second kappa shape index (κ2) is 10.1. The molecule has 0 saturated carbocycles. The van der Waals surface area contributed by atoms with Crippen molar-refractivity contribution >= 4 is 23.6 Å². The number of nitriles is 1. The quantitative estimate of drug-likeness (QED) is 0.403. The summed E-state index contributed by atoms with van der Waals surface area (Å²) >= 11 is 0. The maximum atomic E-state index is 12.5. The summed E-state index contributed by atoms with van der Waals surface area (Å²) in [5.74, 6) is -0.876. The van der Waals surface area contributed by atoms with E-state index in [0.29, 0.717) is 17.0 Å². The number of hydrogen-bond acceptors (Lipinski definition) is 4. The fraction of sp³-hybridized carbons (Fsp3) is 0.115.